The Bertz CT molecular complexity index is 388. The Hall–Kier alpha value is -0.940. The third-order valence-electron chi connectivity index (χ3n) is 4.34. The summed E-state index contributed by atoms with van der Waals surface area (Å²) < 4.78 is 2.01. The SMILES string of the molecule is CCn1ncnc1CN1CCC2NCCCC2C1. The number of hydrogen-bond acceptors (Lipinski definition) is 4. The maximum atomic E-state index is 4.38. The second-order valence-electron chi connectivity index (χ2n) is 5.48. The molecular weight excluding hydrogens is 226 g/mol. The molecule has 5 nitrogen and oxygen atoms in total. The van der Waals surface area contributed by atoms with Crippen LogP contribution in [0.2, 0.25) is 0 Å². The van der Waals surface area contributed by atoms with Crippen LogP contribution in [0.5, 0.6) is 0 Å². The molecule has 0 radical (unpaired) electrons. The third-order valence-corrected chi connectivity index (χ3v) is 4.34. The van der Waals surface area contributed by atoms with Crippen LogP contribution in [0.1, 0.15) is 32.0 Å². The molecule has 0 bridgehead atoms. The van der Waals surface area contributed by atoms with E-state index >= 15 is 0 Å². The summed E-state index contributed by atoms with van der Waals surface area (Å²) in [6.45, 7) is 7.60. The van der Waals surface area contributed by atoms with Gasteiger partial charge in [-0.15, -0.1) is 0 Å². The van der Waals surface area contributed by atoms with Gasteiger partial charge in [-0.2, -0.15) is 5.10 Å². The van der Waals surface area contributed by atoms with Gasteiger partial charge in [-0.25, -0.2) is 9.67 Å². The number of nitrogens with zero attached hydrogens (tertiary/aromatic N) is 4. The molecule has 2 fully saturated rings. The smallest absolute Gasteiger partial charge is 0.140 e. The van der Waals surface area contributed by atoms with Crippen molar-refractivity contribution in [1.82, 2.24) is 25.0 Å². The van der Waals surface area contributed by atoms with Gasteiger partial charge in [0.15, 0.2) is 0 Å². The Morgan fingerprint density at radius 3 is 3.28 bits per heavy atom. The third kappa shape index (κ3) is 2.42. The van der Waals surface area contributed by atoms with Gasteiger partial charge in [-0.3, -0.25) is 4.90 Å². The Morgan fingerprint density at radius 1 is 1.44 bits per heavy atom. The Balaban J connectivity index is 1.61. The molecule has 3 rings (SSSR count). The highest BCUT2D eigenvalue weighted by molar-refractivity contribution is 4.91. The Labute approximate surface area is 109 Å². The monoisotopic (exact) mass is 249 g/mol. The van der Waals surface area contributed by atoms with Gasteiger partial charge >= 0.3 is 0 Å². The lowest BCUT2D eigenvalue weighted by molar-refractivity contribution is 0.105. The number of piperidine rings is 2. The van der Waals surface area contributed by atoms with E-state index in [1.807, 2.05) is 4.68 Å². The van der Waals surface area contributed by atoms with Crippen molar-refractivity contribution in [2.24, 2.45) is 5.92 Å². The van der Waals surface area contributed by atoms with E-state index in [1.165, 1.54) is 38.9 Å². The van der Waals surface area contributed by atoms with Gasteiger partial charge in [-0.1, -0.05) is 0 Å². The maximum absolute atomic E-state index is 4.38. The molecule has 1 aromatic heterocycles. The number of hydrogen-bond donors (Lipinski definition) is 1. The summed E-state index contributed by atoms with van der Waals surface area (Å²) >= 11 is 0. The first-order valence-electron chi connectivity index (χ1n) is 7.19. The second-order valence-corrected chi connectivity index (χ2v) is 5.48. The lowest BCUT2D eigenvalue weighted by Crippen LogP contribution is -2.51. The van der Waals surface area contributed by atoms with E-state index in [1.54, 1.807) is 6.33 Å². The van der Waals surface area contributed by atoms with Crippen LogP contribution in [0.4, 0.5) is 0 Å². The van der Waals surface area contributed by atoms with Crippen molar-refractivity contribution in [3.63, 3.8) is 0 Å². The van der Waals surface area contributed by atoms with E-state index in [-0.39, 0.29) is 0 Å². The summed E-state index contributed by atoms with van der Waals surface area (Å²) in [4.78, 5) is 6.93. The zero-order valence-electron chi connectivity index (χ0n) is 11.2. The maximum Gasteiger partial charge on any atom is 0.140 e. The van der Waals surface area contributed by atoms with Crippen LogP contribution in [0.15, 0.2) is 6.33 Å². The first-order chi connectivity index (χ1) is 8.86. The van der Waals surface area contributed by atoms with Crippen LogP contribution >= 0.6 is 0 Å². The molecule has 2 saturated heterocycles. The van der Waals surface area contributed by atoms with Gasteiger partial charge in [0.2, 0.25) is 0 Å². The van der Waals surface area contributed by atoms with Crippen molar-refractivity contribution < 1.29 is 0 Å². The molecule has 5 heteroatoms. The fraction of sp³-hybridized carbons (Fsp3) is 0.846. The van der Waals surface area contributed by atoms with Crippen molar-refractivity contribution in [1.29, 1.82) is 0 Å². The minimum atomic E-state index is 0.763. The fourth-order valence-corrected chi connectivity index (χ4v) is 3.34. The summed E-state index contributed by atoms with van der Waals surface area (Å²) in [6, 6.07) is 0.763. The van der Waals surface area contributed by atoms with E-state index in [4.69, 9.17) is 0 Å². The molecule has 2 unspecified atom stereocenters. The largest absolute Gasteiger partial charge is 0.314 e. The highest BCUT2D eigenvalue weighted by Gasteiger charge is 2.31. The topological polar surface area (TPSA) is 46.0 Å². The number of nitrogens with one attached hydrogen (secondary N) is 1. The van der Waals surface area contributed by atoms with Crippen molar-refractivity contribution in [2.75, 3.05) is 19.6 Å². The van der Waals surface area contributed by atoms with Crippen molar-refractivity contribution in [3.8, 4) is 0 Å². The minimum Gasteiger partial charge on any atom is -0.314 e. The predicted molar refractivity (Wildman–Crippen MR) is 70.1 cm³/mol. The van der Waals surface area contributed by atoms with Crippen molar-refractivity contribution in [3.05, 3.63) is 12.2 Å². The summed E-state index contributed by atoms with van der Waals surface area (Å²) in [5.41, 5.74) is 0. The molecule has 2 aliphatic rings. The minimum absolute atomic E-state index is 0.763. The number of rotatable bonds is 3. The molecule has 0 aliphatic carbocycles. The normalized spacial score (nSPS) is 29.2. The standard InChI is InChI=1S/C13H23N5/c1-2-18-13(15-10-16-18)9-17-7-5-12-11(8-17)4-3-6-14-12/h10-12,14H,2-9H2,1H3. The van der Waals surface area contributed by atoms with Crippen LogP contribution in [-0.2, 0) is 13.1 Å². The summed E-state index contributed by atoms with van der Waals surface area (Å²) in [5, 5.41) is 7.91. The van der Waals surface area contributed by atoms with E-state index in [9.17, 15) is 0 Å². The average molecular weight is 249 g/mol. The van der Waals surface area contributed by atoms with E-state index in [0.717, 1.165) is 30.9 Å². The Morgan fingerprint density at radius 2 is 2.39 bits per heavy atom. The van der Waals surface area contributed by atoms with E-state index in [2.05, 4.69) is 27.2 Å². The lowest BCUT2D eigenvalue weighted by atomic mass is 9.85. The summed E-state index contributed by atoms with van der Waals surface area (Å²) in [5.74, 6) is 1.95. The van der Waals surface area contributed by atoms with E-state index in [0.29, 0.717) is 0 Å². The van der Waals surface area contributed by atoms with Gasteiger partial charge in [0.05, 0.1) is 6.54 Å². The second kappa shape index (κ2) is 5.36. The van der Waals surface area contributed by atoms with Gasteiger partial charge < -0.3 is 5.32 Å². The summed E-state index contributed by atoms with van der Waals surface area (Å²) in [7, 11) is 0. The molecule has 0 amide bonds. The molecule has 1 N–H and O–H groups in total. The molecule has 2 aliphatic heterocycles. The molecule has 100 valence electrons. The van der Waals surface area contributed by atoms with E-state index < -0.39 is 0 Å². The average Bonchev–Trinajstić information content (AvgIpc) is 2.86. The molecular formula is C13H23N5. The number of likely N-dealkylation sites (tertiary alicyclic amines) is 1. The van der Waals surface area contributed by atoms with Crippen LogP contribution < -0.4 is 5.32 Å². The molecule has 18 heavy (non-hydrogen) atoms. The lowest BCUT2D eigenvalue weighted by Gasteiger charge is -2.41. The van der Waals surface area contributed by atoms with Gasteiger partial charge in [0.1, 0.15) is 12.2 Å². The number of fused-ring (bicyclic) bond motifs is 1. The Kier molecular flexibility index (Phi) is 3.61. The molecule has 1 aromatic rings. The predicted octanol–water partition coefficient (Wildman–Crippen LogP) is 0.872. The molecule has 0 saturated carbocycles. The number of aryl methyl sites for hydroxylation is 1. The molecule has 0 aromatic carbocycles. The number of aromatic nitrogens is 3. The highest BCUT2D eigenvalue weighted by Crippen LogP contribution is 2.25. The first kappa shape index (κ1) is 12.1. The fourth-order valence-electron chi connectivity index (χ4n) is 3.34. The quantitative estimate of drug-likeness (QED) is 0.863. The molecule has 2 atom stereocenters. The highest BCUT2D eigenvalue weighted by atomic mass is 15.3. The molecule has 3 heterocycles. The van der Waals surface area contributed by atoms with Crippen LogP contribution in [-0.4, -0.2) is 45.3 Å². The molecule has 0 spiro atoms. The van der Waals surface area contributed by atoms with Crippen LogP contribution in [0, 0.1) is 5.92 Å². The van der Waals surface area contributed by atoms with Gasteiger partial charge in [0.25, 0.3) is 0 Å². The van der Waals surface area contributed by atoms with Crippen molar-refractivity contribution >= 4 is 0 Å². The van der Waals surface area contributed by atoms with Crippen LogP contribution in [0.3, 0.4) is 0 Å². The summed E-state index contributed by atoms with van der Waals surface area (Å²) in [6.07, 6.45) is 5.67. The van der Waals surface area contributed by atoms with Gasteiger partial charge in [0, 0.05) is 25.7 Å². The van der Waals surface area contributed by atoms with Gasteiger partial charge in [-0.05, 0) is 38.6 Å². The zero-order valence-corrected chi connectivity index (χ0v) is 11.2. The zero-order chi connectivity index (χ0) is 12.4. The van der Waals surface area contributed by atoms with Crippen molar-refractivity contribution in [2.45, 2.75) is 45.3 Å². The van der Waals surface area contributed by atoms with Crippen LogP contribution in [0.25, 0.3) is 0 Å². The first-order valence-corrected chi connectivity index (χ1v) is 7.19.